The lowest BCUT2D eigenvalue weighted by atomic mass is 9.76. The summed E-state index contributed by atoms with van der Waals surface area (Å²) in [6.45, 7) is 2.74. The summed E-state index contributed by atoms with van der Waals surface area (Å²) >= 11 is 0. The second-order valence-electron chi connectivity index (χ2n) is 7.54. The van der Waals surface area contributed by atoms with E-state index in [-0.39, 0.29) is 18.6 Å². The van der Waals surface area contributed by atoms with E-state index in [2.05, 4.69) is 29.3 Å². The van der Waals surface area contributed by atoms with Crippen LogP contribution in [0.5, 0.6) is 0 Å². The summed E-state index contributed by atoms with van der Waals surface area (Å²) in [6.07, 6.45) is 6.01. The monoisotopic (exact) mass is 365 g/mol. The number of nitrogens with zero attached hydrogens (tertiary/aromatic N) is 2. The van der Waals surface area contributed by atoms with Crippen LogP contribution in [0.4, 0.5) is 4.79 Å². The van der Waals surface area contributed by atoms with Crippen LogP contribution >= 0.6 is 0 Å². The second kappa shape index (κ2) is 5.87. The first kappa shape index (κ1) is 16.4. The molecule has 1 saturated heterocycles. The number of allylic oxidation sites excluding steroid dienone is 1. The molecular formula is C21H23N3O3. The molecule has 2 aliphatic heterocycles. The minimum Gasteiger partial charge on any atom is -0.464 e. The maximum Gasteiger partial charge on any atom is 0.325 e. The Kier molecular flexibility index (Phi) is 3.57. The molecule has 2 amide bonds. The third-order valence-electron chi connectivity index (χ3n) is 6.15. The van der Waals surface area contributed by atoms with Crippen LogP contribution in [0.3, 0.4) is 0 Å². The number of hydrogen-bond donors (Lipinski definition) is 1. The van der Waals surface area contributed by atoms with Gasteiger partial charge in [-0.1, -0.05) is 24.3 Å². The van der Waals surface area contributed by atoms with E-state index in [0.29, 0.717) is 6.54 Å². The first-order valence-corrected chi connectivity index (χ1v) is 9.66. The Morgan fingerprint density at radius 3 is 3.04 bits per heavy atom. The third kappa shape index (κ3) is 2.19. The molecule has 6 heteroatoms. The number of benzene rings is 1. The van der Waals surface area contributed by atoms with Crippen molar-refractivity contribution in [3.05, 3.63) is 47.3 Å². The van der Waals surface area contributed by atoms with Crippen molar-refractivity contribution < 1.29 is 14.3 Å². The van der Waals surface area contributed by atoms with Gasteiger partial charge in [0.05, 0.1) is 17.9 Å². The molecule has 3 heterocycles. The SMILES string of the molecule is CC(=O)OCCN1C(=O)N2CCc3c([nH]c4ccccc34)C23CCCC=C13. The molecule has 5 rings (SSSR count). The van der Waals surface area contributed by atoms with Gasteiger partial charge in [-0.25, -0.2) is 4.79 Å². The van der Waals surface area contributed by atoms with Gasteiger partial charge >= 0.3 is 12.0 Å². The van der Waals surface area contributed by atoms with Crippen molar-refractivity contribution >= 4 is 22.9 Å². The van der Waals surface area contributed by atoms with E-state index >= 15 is 0 Å². The first-order chi connectivity index (χ1) is 13.1. The molecule has 0 bridgehead atoms. The second-order valence-corrected chi connectivity index (χ2v) is 7.54. The molecule has 1 aromatic heterocycles. The molecule has 2 aromatic rings. The molecule has 140 valence electrons. The number of carbonyl (C=O) groups excluding carboxylic acids is 2. The lowest BCUT2D eigenvalue weighted by molar-refractivity contribution is -0.141. The molecule has 1 atom stereocenters. The average Bonchev–Trinajstić information content (AvgIpc) is 3.16. The Hall–Kier alpha value is -2.76. The summed E-state index contributed by atoms with van der Waals surface area (Å²) in [7, 11) is 0. The number of hydrogen-bond acceptors (Lipinski definition) is 3. The molecule has 0 saturated carbocycles. The Balaban J connectivity index is 1.62. The predicted octanol–water partition coefficient (Wildman–Crippen LogP) is 3.29. The van der Waals surface area contributed by atoms with Crippen molar-refractivity contribution in [3.63, 3.8) is 0 Å². The van der Waals surface area contributed by atoms with Gasteiger partial charge in [0, 0.05) is 24.4 Å². The number of H-pyrrole nitrogens is 1. The van der Waals surface area contributed by atoms with Crippen molar-refractivity contribution in [2.45, 2.75) is 38.1 Å². The highest BCUT2D eigenvalue weighted by atomic mass is 16.5. The van der Waals surface area contributed by atoms with Gasteiger partial charge in [0.25, 0.3) is 0 Å². The Morgan fingerprint density at radius 1 is 1.33 bits per heavy atom. The van der Waals surface area contributed by atoms with Gasteiger partial charge in [0.1, 0.15) is 12.1 Å². The van der Waals surface area contributed by atoms with Gasteiger partial charge in [0.2, 0.25) is 0 Å². The molecule has 0 radical (unpaired) electrons. The number of aromatic nitrogens is 1. The summed E-state index contributed by atoms with van der Waals surface area (Å²) in [5.74, 6) is -0.315. The smallest absolute Gasteiger partial charge is 0.325 e. The van der Waals surface area contributed by atoms with E-state index < -0.39 is 5.54 Å². The Morgan fingerprint density at radius 2 is 2.19 bits per heavy atom. The molecule has 27 heavy (non-hydrogen) atoms. The number of amides is 2. The zero-order valence-corrected chi connectivity index (χ0v) is 15.5. The van der Waals surface area contributed by atoms with Crippen molar-refractivity contribution in [3.8, 4) is 0 Å². The van der Waals surface area contributed by atoms with E-state index in [1.165, 1.54) is 23.6 Å². The molecule has 1 fully saturated rings. The predicted molar refractivity (Wildman–Crippen MR) is 101 cm³/mol. The fourth-order valence-electron chi connectivity index (χ4n) is 5.12. The van der Waals surface area contributed by atoms with Crippen LogP contribution in [0.15, 0.2) is 36.0 Å². The average molecular weight is 365 g/mol. The highest BCUT2D eigenvalue weighted by Gasteiger charge is 2.58. The van der Waals surface area contributed by atoms with Gasteiger partial charge in [-0.15, -0.1) is 0 Å². The molecule has 6 nitrogen and oxygen atoms in total. The molecule has 1 spiro atoms. The summed E-state index contributed by atoms with van der Waals surface area (Å²) in [6, 6.07) is 8.42. The standard InChI is InChI=1S/C21H23N3O3/c1-14(25)27-13-12-23-18-8-4-5-10-21(18)19-16(9-11-24(21)20(23)26)15-6-2-3-7-17(15)22-19/h2-3,6-8,22H,4-5,9-13H2,1H3. The van der Waals surface area contributed by atoms with E-state index in [1.807, 2.05) is 15.9 Å². The molecular weight excluding hydrogens is 342 g/mol. The topological polar surface area (TPSA) is 65.6 Å². The van der Waals surface area contributed by atoms with E-state index in [1.54, 1.807) is 0 Å². The Labute approximate surface area is 157 Å². The zero-order valence-electron chi connectivity index (χ0n) is 15.5. The number of esters is 1. The Bertz CT molecular complexity index is 976. The van der Waals surface area contributed by atoms with E-state index in [0.717, 1.165) is 43.4 Å². The highest BCUT2D eigenvalue weighted by molar-refractivity contribution is 5.89. The fraction of sp³-hybridized carbons (Fsp3) is 0.429. The van der Waals surface area contributed by atoms with Crippen LogP contribution in [0.25, 0.3) is 10.9 Å². The number of rotatable bonds is 3. The van der Waals surface area contributed by atoms with Crippen LogP contribution in [-0.4, -0.2) is 46.5 Å². The van der Waals surface area contributed by atoms with E-state index in [4.69, 9.17) is 4.74 Å². The maximum absolute atomic E-state index is 13.3. The van der Waals surface area contributed by atoms with Crippen LogP contribution in [0.1, 0.15) is 37.4 Å². The number of fused-ring (bicyclic) bond motifs is 3. The van der Waals surface area contributed by atoms with E-state index in [9.17, 15) is 9.59 Å². The normalized spacial score (nSPS) is 23.7. The lowest BCUT2D eigenvalue weighted by Crippen LogP contribution is -2.49. The molecule has 1 unspecified atom stereocenters. The van der Waals surface area contributed by atoms with Crippen molar-refractivity contribution in [1.82, 2.24) is 14.8 Å². The highest BCUT2D eigenvalue weighted by Crippen LogP contribution is 2.53. The number of aromatic amines is 1. The third-order valence-corrected chi connectivity index (χ3v) is 6.15. The summed E-state index contributed by atoms with van der Waals surface area (Å²) < 4.78 is 5.11. The minimum atomic E-state index is -0.405. The van der Waals surface area contributed by atoms with Crippen LogP contribution in [0, 0.1) is 0 Å². The summed E-state index contributed by atoms with van der Waals surface area (Å²) in [4.78, 5) is 31.9. The summed E-state index contributed by atoms with van der Waals surface area (Å²) in [5.41, 5.74) is 4.29. The minimum absolute atomic E-state index is 0.0274. The number of nitrogens with one attached hydrogen (secondary N) is 1. The van der Waals surface area contributed by atoms with Crippen LogP contribution < -0.4 is 0 Å². The van der Waals surface area contributed by atoms with Crippen LogP contribution in [0.2, 0.25) is 0 Å². The largest absolute Gasteiger partial charge is 0.464 e. The van der Waals surface area contributed by atoms with Crippen LogP contribution in [-0.2, 0) is 21.5 Å². The van der Waals surface area contributed by atoms with Gasteiger partial charge in [-0.05, 0) is 37.3 Å². The zero-order chi connectivity index (χ0) is 18.6. The number of para-hydroxylation sites is 1. The van der Waals surface area contributed by atoms with Crippen molar-refractivity contribution in [2.24, 2.45) is 0 Å². The fourth-order valence-corrected chi connectivity index (χ4v) is 5.12. The lowest BCUT2D eigenvalue weighted by Gasteiger charge is -2.43. The van der Waals surface area contributed by atoms with Gasteiger partial charge in [0.15, 0.2) is 0 Å². The number of ether oxygens (including phenoxy) is 1. The maximum atomic E-state index is 13.3. The quantitative estimate of drug-likeness (QED) is 0.849. The summed E-state index contributed by atoms with van der Waals surface area (Å²) in [5, 5.41) is 1.26. The van der Waals surface area contributed by atoms with Gasteiger partial charge in [-0.3, -0.25) is 9.69 Å². The van der Waals surface area contributed by atoms with Crippen molar-refractivity contribution in [1.29, 1.82) is 0 Å². The number of carbonyl (C=O) groups is 2. The van der Waals surface area contributed by atoms with Gasteiger partial charge < -0.3 is 14.6 Å². The van der Waals surface area contributed by atoms with Crippen molar-refractivity contribution in [2.75, 3.05) is 19.7 Å². The molecule has 1 aliphatic carbocycles. The number of urea groups is 1. The first-order valence-electron chi connectivity index (χ1n) is 9.66. The molecule has 1 N–H and O–H groups in total. The molecule has 1 aromatic carbocycles. The molecule has 3 aliphatic rings. The van der Waals surface area contributed by atoms with Gasteiger partial charge in [-0.2, -0.15) is 0 Å².